The number of hydrogen-bond acceptors (Lipinski definition) is 2. The first-order valence-corrected chi connectivity index (χ1v) is 9.97. The van der Waals surface area contributed by atoms with E-state index in [9.17, 15) is 13.6 Å². The van der Waals surface area contributed by atoms with E-state index in [0.717, 1.165) is 37.7 Å². The van der Waals surface area contributed by atoms with Crippen LogP contribution in [0.1, 0.15) is 38.7 Å². The molecule has 0 radical (unpaired) electrons. The van der Waals surface area contributed by atoms with Gasteiger partial charge in [0.1, 0.15) is 11.6 Å². The molecular weight excluding hydrogens is 358 g/mol. The number of anilines is 1. The predicted molar refractivity (Wildman–Crippen MR) is 108 cm³/mol. The summed E-state index contributed by atoms with van der Waals surface area (Å²) in [5.41, 5.74) is 1.45. The highest BCUT2D eigenvalue weighted by molar-refractivity contribution is 5.94. The van der Waals surface area contributed by atoms with Gasteiger partial charge in [0.2, 0.25) is 5.91 Å². The third-order valence-corrected chi connectivity index (χ3v) is 5.22. The molecule has 1 heterocycles. The van der Waals surface area contributed by atoms with E-state index < -0.39 is 11.6 Å². The minimum Gasteiger partial charge on any atom is -0.309 e. The summed E-state index contributed by atoms with van der Waals surface area (Å²) in [7, 11) is 0. The maximum absolute atomic E-state index is 13.9. The van der Waals surface area contributed by atoms with E-state index in [1.807, 2.05) is 35.2 Å². The van der Waals surface area contributed by atoms with Crippen molar-refractivity contribution in [3.8, 4) is 0 Å². The average molecular weight is 386 g/mol. The summed E-state index contributed by atoms with van der Waals surface area (Å²) in [6, 6.07) is 13.7. The number of amides is 1. The topological polar surface area (TPSA) is 23.6 Å². The Morgan fingerprint density at radius 2 is 1.79 bits per heavy atom. The molecule has 0 unspecified atom stereocenters. The van der Waals surface area contributed by atoms with Crippen LogP contribution in [-0.2, 0) is 11.3 Å². The van der Waals surface area contributed by atoms with Gasteiger partial charge in [-0.3, -0.25) is 9.69 Å². The summed E-state index contributed by atoms with van der Waals surface area (Å²) in [5, 5.41) is 0. The van der Waals surface area contributed by atoms with Crippen LogP contribution in [0.2, 0.25) is 0 Å². The van der Waals surface area contributed by atoms with Gasteiger partial charge in [0.25, 0.3) is 0 Å². The van der Waals surface area contributed by atoms with Gasteiger partial charge in [-0.05, 0) is 37.0 Å². The number of carbonyl (C=O) groups is 1. The van der Waals surface area contributed by atoms with Crippen molar-refractivity contribution in [3.05, 3.63) is 65.7 Å². The molecule has 0 aliphatic carbocycles. The van der Waals surface area contributed by atoms with Crippen LogP contribution in [-0.4, -0.2) is 29.9 Å². The molecule has 0 aromatic heterocycles. The lowest BCUT2D eigenvalue weighted by Gasteiger charge is -2.39. The molecule has 0 spiro atoms. The Balaban J connectivity index is 1.67. The smallest absolute Gasteiger partial charge is 0.227 e. The third kappa shape index (κ3) is 5.16. The largest absolute Gasteiger partial charge is 0.309 e. The highest BCUT2D eigenvalue weighted by Gasteiger charge is 2.29. The number of carbonyl (C=O) groups excluding carboxylic acids is 1. The summed E-state index contributed by atoms with van der Waals surface area (Å²) in [6.45, 7) is 6.13. The zero-order valence-corrected chi connectivity index (χ0v) is 16.6. The van der Waals surface area contributed by atoms with Gasteiger partial charge in [0, 0.05) is 49.4 Å². The Morgan fingerprint density at radius 3 is 2.39 bits per heavy atom. The van der Waals surface area contributed by atoms with E-state index in [2.05, 4.69) is 18.7 Å². The molecular formula is C23H28F2N2O. The Hall–Kier alpha value is -2.27. The summed E-state index contributed by atoms with van der Waals surface area (Å²) >= 11 is 0. The van der Waals surface area contributed by atoms with E-state index in [-0.39, 0.29) is 11.9 Å². The van der Waals surface area contributed by atoms with Gasteiger partial charge in [0.15, 0.2) is 0 Å². The Kier molecular flexibility index (Phi) is 6.79. The molecule has 0 saturated carbocycles. The van der Waals surface area contributed by atoms with Crippen LogP contribution >= 0.6 is 0 Å². The van der Waals surface area contributed by atoms with Gasteiger partial charge in [-0.1, -0.05) is 38.1 Å². The van der Waals surface area contributed by atoms with Gasteiger partial charge in [0.05, 0.1) is 0 Å². The van der Waals surface area contributed by atoms with Crippen molar-refractivity contribution < 1.29 is 13.6 Å². The number of halogens is 2. The van der Waals surface area contributed by atoms with Crippen molar-refractivity contribution in [1.82, 2.24) is 4.90 Å². The molecule has 28 heavy (non-hydrogen) atoms. The van der Waals surface area contributed by atoms with E-state index in [0.29, 0.717) is 24.4 Å². The normalized spacial score (nSPS) is 15.8. The highest BCUT2D eigenvalue weighted by atomic mass is 19.1. The number of nitrogens with zero attached hydrogens (tertiary/aromatic N) is 2. The minimum absolute atomic E-state index is 0.142. The number of benzene rings is 2. The van der Waals surface area contributed by atoms with Gasteiger partial charge >= 0.3 is 0 Å². The molecule has 1 amide bonds. The van der Waals surface area contributed by atoms with Crippen LogP contribution in [0, 0.1) is 17.6 Å². The molecule has 3 nitrogen and oxygen atoms in total. The molecule has 3 rings (SSSR count). The molecule has 1 aliphatic rings. The van der Waals surface area contributed by atoms with Crippen LogP contribution in [0.5, 0.6) is 0 Å². The second kappa shape index (κ2) is 9.28. The summed E-state index contributed by atoms with van der Waals surface area (Å²) in [4.78, 5) is 17.1. The van der Waals surface area contributed by atoms with Crippen molar-refractivity contribution in [2.45, 2.75) is 45.7 Å². The van der Waals surface area contributed by atoms with E-state index in [1.165, 1.54) is 12.1 Å². The molecule has 5 heteroatoms. The maximum Gasteiger partial charge on any atom is 0.227 e. The molecule has 1 fully saturated rings. The van der Waals surface area contributed by atoms with Crippen LogP contribution < -0.4 is 4.90 Å². The van der Waals surface area contributed by atoms with E-state index in [4.69, 9.17) is 0 Å². The van der Waals surface area contributed by atoms with Crippen LogP contribution in [0.3, 0.4) is 0 Å². The fraction of sp³-hybridized carbons (Fsp3) is 0.435. The number of likely N-dealkylation sites (tertiary alicyclic amines) is 1. The molecule has 2 aromatic rings. The molecule has 2 aromatic carbocycles. The Bertz CT molecular complexity index is 786. The first-order chi connectivity index (χ1) is 13.4. The molecule has 0 bridgehead atoms. The van der Waals surface area contributed by atoms with Crippen LogP contribution in [0.4, 0.5) is 14.5 Å². The molecule has 1 saturated heterocycles. The fourth-order valence-corrected chi connectivity index (χ4v) is 3.82. The molecule has 0 N–H and O–H groups in total. The SMILES string of the molecule is CC(C)CC(=O)N(c1ccccc1)C1CCN(Cc2ccc(F)cc2F)CC1. The van der Waals surface area contributed by atoms with Gasteiger partial charge < -0.3 is 4.90 Å². The van der Waals surface area contributed by atoms with Gasteiger partial charge in [-0.2, -0.15) is 0 Å². The number of para-hydroxylation sites is 1. The highest BCUT2D eigenvalue weighted by Crippen LogP contribution is 2.26. The lowest BCUT2D eigenvalue weighted by atomic mass is 9.99. The Morgan fingerprint density at radius 1 is 1.11 bits per heavy atom. The van der Waals surface area contributed by atoms with Crippen LogP contribution in [0.15, 0.2) is 48.5 Å². The minimum atomic E-state index is -0.554. The first kappa shape index (κ1) is 20.5. The summed E-state index contributed by atoms with van der Waals surface area (Å²) in [6.07, 6.45) is 2.19. The lowest BCUT2D eigenvalue weighted by molar-refractivity contribution is -0.120. The molecule has 150 valence electrons. The maximum atomic E-state index is 13.9. The average Bonchev–Trinajstić information content (AvgIpc) is 2.66. The lowest BCUT2D eigenvalue weighted by Crippen LogP contribution is -2.47. The fourth-order valence-electron chi connectivity index (χ4n) is 3.82. The van der Waals surface area contributed by atoms with Crippen molar-refractivity contribution in [2.24, 2.45) is 5.92 Å². The third-order valence-electron chi connectivity index (χ3n) is 5.22. The number of hydrogen-bond donors (Lipinski definition) is 0. The van der Waals surface area contributed by atoms with Crippen molar-refractivity contribution >= 4 is 11.6 Å². The molecule has 0 atom stereocenters. The van der Waals surface area contributed by atoms with Crippen molar-refractivity contribution in [2.75, 3.05) is 18.0 Å². The standard InChI is InChI=1S/C23H28F2N2O/c1-17(2)14-23(28)27(20-6-4-3-5-7-20)21-10-12-26(13-11-21)16-18-8-9-19(24)15-22(18)25/h3-9,15,17,21H,10-14,16H2,1-2H3. The molecule has 1 aliphatic heterocycles. The number of rotatable bonds is 6. The van der Waals surface area contributed by atoms with Crippen LogP contribution in [0.25, 0.3) is 0 Å². The monoisotopic (exact) mass is 386 g/mol. The first-order valence-electron chi connectivity index (χ1n) is 9.97. The van der Waals surface area contributed by atoms with E-state index >= 15 is 0 Å². The summed E-state index contributed by atoms with van der Waals surface area (Å²) < 4.78 is 27.0. The second-order valence-electron chi connectivity index (χ2n) is 7.94. The second-order valence-corrected chi connectivity index (χ2v) is 7.94. The zero-order chi connectivity index (χ0) is 20.1. The zero-order valence-electron chi connectivity index (χ0n) is 16.6. The Labute approximate surface area is 166 Å². The van der Waals surface area contributed by atoms with Crippen molar-refractivity contribution in [1.29, 1.82) is 0 Å². The summed E-state index contributed by atoms with van der Waals surface area (Å²) in [5.74, 6) is -0.591. The quantitative estimate of drug-likeness (QED) is 0.697. The van der Waals surface area contributed by atoms with Crippen molar-refractivity contribution in [3.63, 3.8) is 0 Å². The number of piperidine rings is 1. The van der Waals surface area contributed by atoms with E-state index in [1.54, 1.807) is 0 Å². The van der Waals surface area contributed by atoms with Gasteiger partial charge in [-0.25, -0.2) is 8.78 Å². The van der Waals surface area contributed by atoms with Gasteiger partial charge in [-0.15, -0.1) is 0 Å². The predicted octanol–water partition coefficient (Wildman–Crippen LogP) is 5.01.